The van der Waals surface area contributed by atoms with E-state index < -0.39 is 5.63 Å². The molecule has 2 heterocycles. The van der Waals surface area contributed by atoms with Gasteiger partial charge in [-0.1, -0.05) is 23.7 Å². The third-order valence-corrected chi connectivity index (χ3v) is 4.47. The number of carbonyl (C=O) groups excluding carboxylic acids is 1. The number of hydrogen-bond donors (Lipinski definition) is 1. The lowest BCUT2D eigenvalue weighted by Gasteiger charge is -2.10. The van der Waals surface area contributed by atoms with Crippen molar-refractivity contribution in [1.29, 1.82) is 0 Å². The largest absolute Gasteiger partial charge is 0.484 e. The molecule has 2 aromatic heterocycles. The van der Waals surface area contributed by atoms with Crippen molar-refractivity contribution >= 4 is 45.2 Å². The molecule has 4 aromatic rings. The number of carbonyl (C=O) groups is 1. The van der Waals surface area contributed by atoms with Crippen LogP contribution >= 0.6 is 11.6 Å². The van der Waals surface area contributed by atoms with Gasteiger partial charge >= 0.3 is 5.63 Å². The van der Waals surface area contributed by atoms with Crippen LogP contribution in [0.5, 0.6) is 5.75 Å². The van der Waals surface area contributed by atoms with Crippen LogP contribution in [0.3, 0.4) is 0 Å². The van der Waals surface area contributed by atoms with Gasteiger partial charge in [0.25, 0.3) is 5.91 Å². The number of benzene rings is 2. The zero-order valence-electron chi connectivity index (χ0n) is 14.9. The zero-order valence-corrected chi connectivity index (χ0v) is 15.6. The minimum Gasteiger partial charge on any atom is -0.484 e. The summed E-state index contributed by atoms with van der Waals surface area (Å²) in [5, 5.41) is 4.39. The Balaban J connectivity index is 1.62. The first-order valence-corrected chi connectivity index (χ1v) is 8.90. The summed E-state index contributed by atoms with van der Waals surface area (Å²) < 4.78 is 10.8. The van der Waals surface area contributed by atoms with Gasteiger partial charge in [-0.2, -0.15) is 0 Å². The molecule has 7 heteroatoms. The molecule has 0 saturated carbocycles. The maximum atomic E-state index is 12.3. The lowest BCUT2D eigenvalue weighted by atomic mass is 10.1. The highest BCUT2D eigenvalue weighted by atomic mass is 35.5. The van der Waals surface area contributed by atoms with Gasteiger partial charge in [0, 0.05) is 10.4 Å². The smallest absolute Gasteiger partial charge is 0.346 e. The number of ether oxygens (including phenoxy) is 1. The van der Waals surface area contributed by atoms with Gasteiger partial charge in [-0.15, -0.1) is 0 Å². The van der Waals surface area contributed by atoms with Crippen molar-refractivity contribution in [3.63, 3.8) is 0 Å². The molecule has 0 bridgehead atoms. The Morgan fingerprint density at radius 2 is 1.93 bits per heavy atom. The molecule has 140 valence electrons. The van der Waals surface area contributed by atoms with E-state index in [9.17, 15) is 9.59 Å². The predicted molar refractivity (Wildman–Crippen MR) is 108 cm³/mol. The molecule has 1 N–H and O–H groups in total. The van der Waals surface area contributed by atoms with Crippen LogP contribution in [0.25, 0.3) is 21.9 Å². The third kappa shape index (κ3) is 3.54. The molecule has 0 atom stereocenters. The van der Waals surface area contributed by atoms with E-state index in [1.807, 2.05) is 12.1 Å². The Morgan fingerprint density at radius 1 is 1.18 bits per heavy atom. The van der Waals surface area contributed by atoms with Crippen molar-refractivity contribution < 1.29 is 13.9 Å². The van der Waals surface area contributed by atoms with Gasteiger partial charge in [0.1, 0.15) is 17.2 Å². The number of nitrogens with zero attached hydrogens (tertiary/aromatic N) is 1. The van der Waals surface area contributed by atoms with Gasteiger partial charge in [-0.25, -0.2) is 9.78 Å². The number of hydrogen-bond acceptors (Lipinski definition) is 5. The summed E-state index contributed by atoms with van der Waals surface area (Å²) in [5.74, 6) is 0.504. The van der Waals surface area contributed by atoms with Gasteiger partial charge < -0.3 is 14.5 Å². The molecule has 0 spiro atoms. The summed E-state index contributed by atoms with van der Waals surface area (Å²) >= 11 is 5.82. The lowest BCUT2D eigenvalue weighted by Crippen LogP contribution is -2.21. The number of aryl methyl sites for hydroxylation is 1. The van der Waals surface area contributed by atoms with Crippen LogP contribution in [0, 0.1) is 6.92 Å². The Kier molecular flexibility index (Phi) is 4.71. The van der Waals surface area contributed by atoms with E-state index in [4.69, 9.17) is 20.8 Å². The second-order valence-corrected chi connectivity index (χ2v) is 6.66. The first kappa shape index (κ1) is 18.0. The molecule has 0 saturated heterocycles. The topological polar surface area (TPSA) is 81.4 Å². The Morgan fingerprint density at radius 3 is 2.71 bits per heavy atom. The minimum atomic E-state index is -0.456. The van der Waals surface area contributed by atoms with Crippen LogP contribution in [0.15, 0.2) is 63.8 Å². The van der Waals surface area contributed by atoms with E-state index in [1.165, 1.54) is 0 Å². The summed E-state index contributed by atoms with van der Waals surface area (Å²) in [6.07, 6.45) is 0. The van der Waals surface area contributed by atoms with Crippen molar-refractivity contribution in [3.05, 3.63) is 75.6 Å². The molecule has 0 fully saturated rings. The second-order valence-electron chi connectivity index (χ2n) is 6.22. The Labute approximate surface area is 164 Å². The molecule has 0 aliphatic heterocycles. The van der Waals surface area contributed by atoms with Crippen molar-refractivity contribution in [2.75, 3.05) is 11.9 Å². The van der Waals surface area contributed by atoms with Crippen molar-refractivity contribution in [3.8, 4) is 5.75 Å². The summed E-state index contributed by atoms with van der Waals surface area (Å²) in [6, 6.07) is 15.5. The summed E-state index contributed by atoms with van der Waals surface area (Å²) in [5.41, 5.74) is 1.14. The third-order valence-electron chi connectivity index (χ3n) is 4.22. The summed E-state index contributed by atoms with van der Waals surface area (Å²) in [7, 11) is 0. The highest BCUT2D eigenvalue weighted by molar-refractivity contribution is 6.30. The first-order valence-electron chi connectivity index (χ1n) is 8.53. The van der Waals surface area contributed by atoms with Gasteiger partial charge in [-0.3, -0.25) is 4.79 Å². The van der Waals surface area contributed by atoms with E-state index in [0.29, 0.717) is 44.0 Å². The van der Waals surface area contributed by atoms with Gasteiger partial charge in [-0.05, 0) is 55.0 Å². The van der Waals surface area contributed by atoms with E-state index in [-0.39, 0.29) is 12.5 Å². The molecule has 4 rings (SSSR count). The highest BCUT2D eigenvalue weighted by Gasteiger charge is 2.14. The van der Waals surface area contributed by atoms with Crippen LogP contribution < -0.4 is 15.7 Å². The monoisotopic (exact) mass is 394 g/mol. The maximum Gasteiger partial charge on any atom is 0.346 e. The van der Waals surface area contributed by atoms with Crippen LogP contribution in [-0.2, 0) is 4.79 Å². The quantitative estimate of drug-likeness (QED) is 0.411. The molecule has 0 radical (unpaired) electrons. The van der Waals surface area contributed by atoms with Crippen LogP contribution in [0.1, 0.15) is 5.56 Å². The molecule has 0 aliphatic rings. The predicted octanol–water partition coefficient (Wildman–Crippen LogP) is 4.32. The lowest BCUT2D eigenvalue weighted by molar-refractivity contribution is -0.118. The van der Waals surface area contributed by atoms with Gasteiger partial charge in [0.15, 0.2) is 6.61 Å². The molecule has 1 amide bonds. The van der Waals surface area contributed by atoms with Crippen LogP contribution in [0.2, 0.25) is 5.02 Å². The molecular weight excluding hydrogens is 380 g/mol. The molecule has 0 unspecified atom stereocenters. The Hall–Kier alpha value is -3.38. The summed E-state index contributed by atoms with van der Waals surface area (Å²) in [6.45, 7) is 1.59. The van der Waals surface area contributed by atoms with E-state index in [2.05, 4.69) is 10.3 Å². The average molecular weight is 395 g/mol. The van der Waals surface area contributed by atoms with Crippen LogP contribution in [-0.4, -0.2) is 17.5 Å². The number of rotatable bonds is 4. The number of nitrogens with one attached hydrogen (secondary N) is 1. The number of pyridine rings is 1. The minimum absolute atomic E-state index is 0.182. The van der Waals surface area contributed by atoms with Crippen molar-refractivity contribution in [2.24, 2.45) is 0 Å². The highest BCUT2D eigenvalue weighted by Crippen LogP contribution is 2.25. The normalized spacial score (nSPS) is 10.9. The van der Waals surface area contributed by atoms with E-state index in [0.717, 1.165) is 0 Å². The zero-order chi connectivity index (χ0) is 19.7. The number of anilines is 1. The molecule has 0 aliphatic carbocycles. The number of halogens is 1. The number of fused-ring (bicyclic) bond motifs is 3. The molecule has 28 heavy (non-hydrogen) atoms. The number of aromatic nitrogens is 1. The fourth-order valence-corrected chi connectivity index (χ4v) is 3.08. The molecule has 6 nitrogen and oxygen atoms in total. The first-order chi connectivity index (χ1) is 13.5. The van der Waals surface area contributed by atoms with E-state index in [1.54, 1.807) is 49.4 Å². The van der Waals surface area contributed by atoms with Gasteiger partial charge in [0.2, 0.25) is 0 Å². The maximum absolute atomic E-state index is 12.3. The fourth-order valence-electron chi connectivity index (χ4n) is 2.95. The summed E-state index contributed by atoms with van der Waals surface area (Å²) in [4.78, 5) is 29.0. The SMILES string of the molecule is Cc1cc(NC(=O)COc2ccc(Cl)cc2)nc2c1c(=O)oc1ccccc12. The molecule has 2 aromatic carbocycles. The standard InChI is InChI=1S/C21H15ClN2O4/c1-12-10-17(23-18(25)11-27-14-8-6-13(22)7-9-14)24-20-15-4-2-3-5-16(15)28-21(26)19(12)20/h2-10H,11H2,1H3,(H,23,24,25). The Bertz CT molecular complexity index is 1250. The van der Waals surface area contributed by atoms with E-state index >= 15 is 0 Å². The fraction of sp³-hybridized carbons (Fsp3) is 0.0952. The number of para-hydroxylation sites is 1. The van der Waals surface area contributed by atoms with Gasteiger partial charge in [0.05, 0.1) is 10.9 Å². The number of amides is 1. The van der Waals surface area contributed by atoms with Crippen molar-refractivity contribution in [1.82, 2.24) is 4.98 Å². The van der Waals surface area contributed by atoms with Crippen LogP contribution in [0.4, 0.5) is 5.82 Å². The van der Waals surface area contributed by atoms with Crippen molar-refractivity contribution in [2.45, 2.75) is 6.92 Å². The average Bonchev–Trinajstić information content (AvgIpc) is 2.67. The second kappa shape index (κ2) is 7.32. The molecular formula is C21H15ClN2O4.